The van der Waals surface area contributed by atoms with Gasteiger partial charge in [0.2, 0.25) is 0 Å². The lowest BCUT2D eigenvalue weighted by Crippen LogP contribution is -2.43. The normalized spacial score (nSPS) is 19.1. The molecular weight excluding hydrogens is 262 g/mol. The molecule has 1 heterocycles. The molecule has 1 aromatic heterocycles. The second-order valence-corrected chi connectivity index (χ2v) is 6.79. The number of nitrogens with two attached hydrogens (primary N) is 1. The van der Waals surface area contributed by atoms with Gasteiger partial charge in [-0.05, 0) is 53.6 Å². The number of hydrogen-bond acceptors (Lipinski definition) is 2. The predicted molar refractivity (Wildman–Crippen MR) is 87.2 cm³/mol. The lowest BCUT2D eigenvalue weighted by atomic mass is 9.71. The first-order valence-corrected chi connectivity index (χ1v) is 8.58. The molecule has 0 saturated heterocycles. The minimum atomic E-state index is 0.220. The number of aryl methyl sites for hydroxylation is 1. The summed E-state index contributed by atoms with van der Waals surface area (Å²) in [6, 6.07) is 13.4. The van der Waals surface area contributed by atoms with Gasteiger partial charge in [-0.15, -0.1) is 0 Å². The van der Waals surface area contributed by atoms with E-state index in [4.69, 9.17) is 5.73 Å². The first-order chi connectivity index (χ1) is 9.81. The van der Waals surface area contributed by atoms with Gasteiger partial charge in [-0.25, -0.2) is 0 Å². The second-order valence-electron chi connectivity index (χ2n) is 6.01. The SMILES string of the molecule is NC(CCc1ccsc1)C1(c2ccccc2)CCCC1. The molecule has 1 saturated carbocycles. The Bertz CT molecular complexity index is 512. The van der Waals surface area contributed by atoms with Crippen molar-refractivity contribution < 1.29 is 0 Å². The minimum absolute atomic E-state index is 0.220. The van der Waals surface area contributed by atoms with Crippen LogP contribution < -0.4 is 5.73 Å². The van der Waals surface area contributed by atoms with Crippen molar-refractivity contribution in [2.75, 3.05) is 0 Å². The molecule has 20 heavy (non-hydrogen) atoms. The van der Waals surface area contributed by atoms with Crippen LogP contribution >= 0.6 is 11.3 Å². The van der Waals surface area contributed by atoms with E-state index in [1.807, 2.05) is 0 Å². The fourth-order valence-corrected chi connectivity index (χ4v) is 4.39. The molecule has 3 rings (SSSR count). The molecule has 2 N–H and O–H groups in total. The van der Waals surface area contributed by atoms with Crippen molar-refractivity contribution >= 4 is 11.3 Å². The van der Waals surface area contributed by atoms with Gasteiger partial charge in [0.15, 0.2) is 0 Å². The molecular formula is C18H23NS. The summed E-state index contributed by atoms with van der Waals surface area (Å²) in [5.74, 6) is 0. The summed E-state index contributed by atoms with van der Waals surface area (Å²) < 4.78 is 0. The van der Waals surface area contributed by atoms with Crippen LogP contribution in [0.4, 0.5) is 0 Å². The highest BCUT2D eigenvalue weighted by Crippen LogP contribution is 2.44. The van der Waals surface area contributed by atoms with Crippen LogP contribution in [0.25, 0.3) is 0 Å². The van der Waals surface area contributed by atoms with Crippen molar-refractivity contribution in [3.8, 4) is 0 Å². The number of benzene rings is 1. The Balaban J connectivity index is 1.76. The Kier molecular flexibility index (Phi) is 4.23. The Morgan fingerprint density at radius 2 is 1.85 bits per heavy atom. The van der Waals surface area contributed by atoms with E-state index in [-0.39, 0.29) is 11.5 Å². The van der Waals surface area contributed by atoms with Gasteiger partial charge in [0.05, 0.1) is 0 Å². The van der Waals surface area contributed by atoms with E-state index in [1.165, 1.54) is 36.8 Å². The van der Waals surface area contributed by atoms with Crippen LogP contribution in [0.1, 0.15) is 43.2 Å². The zero-order valence-electron chi connectivity index (χ0n) is 11.9. The first-order valence-electron chi connectivity index (χ1n) is 7.63. The average Bonchev–Trinajstić information content (AvgIpc) is 3.18. The molecule has 0 radical (unpaired) electrons. The molecule has 0 aliphatic heterocycles. The van der Waals surface area contributed by atoms with Crippen LogP contribution in [-0.2, 0) is 11.8 Å². The Labute approximate surface area is 125 Å². The molecule has 2 heteroatoms. The molecule has 106 valence electrons. The molecule has 2 aromatic rings. The van der Waals surface area contributed by atoms with E-state index in [0.717, 1.165) is 12.8 Å². The maximum Gasteiger partial charge on any atom is 0.0139 e. The van der Waals surface area contributed by atoms with Crippen molar-refractivity contribution in [3.63, 3.8) is 0 Å². The summed E-state index contributed by atoms with van der Waals surface area (Å²) in [5, 5.41) is 4.40. The highest BCUT2D eigenvalue weighted by Gasteiger charge is 2.40. The zero-order valence-corrected chi connectivity index (χ0v) is 12.7. The molecule has 1 aliphatic carbocycles. The summed E-state index contributed by atoms with van der Waals surface area (Å²) in [6.45, 7) is 0. The van der Waals surface area contributed by atoms with Crippen molar-refractivity contribution in [1.82, 2.24) is 0 Å². The molecule has 1 aliphatic rings. The van der Waals surface area contributed by atoms with Gasteiger partial charge < -0.3 is 5.73 Å². The molecule has 1 fully saturated rings. The molecule has 0 bridgehead atoms. The third kappa shape index (κ3) is 2.68. The zero-order chi connectivity index (χ0) is 13.8. The fourth-order valence-electron chi connectivity index (χ4n) is 3.68. The van der Waals surface area contributed by atoms with E-state index in [9.17, 15) is 0 Å². The largest absolute Gasteiger partial charge is 0.327 e. The van der Waals surface area contributed by atoms with Gasteiger partial charge in [-0.1, -0.05) is 43.2 Å². The lowest BCUT2D eigenvalue weighted by molar-refractivity contribution is 0.334. The smallest absolute Gasteiger partial charge is 0.0139 e. The van der Waals surface area contributed by atoms with E-state index in [2.05, 4.69) is 47.2 Å². The van der Waals surface area contributed by atoms with E-state index < -0.39 is 0 Å². The number of thiophene rings is 1. The molecule has 1 atom stereocenters. The van der Waals surface area contributed by atoms with Gasteiger partial charge in [0.25, 0.3) is 0 Å². The molecule has 1 nitrogen and oxygen atoms in total. The van der Waals surface area contributed by atoms with Crippen LogP contribution in [0.5, 0.6) is 0 Å². The number of hydrogen-bond donors (Lipinski definition) is 1. The third-order valence-corrected chi connectivity index (χ3v) is 5.61. The van der Waals surface area contributed by atoms with Crippen LogP contribution in [0.2, 0.25) is 0 Å². The monoisotopic (exact) mass is 285 g/mol. The Morgan fingerprint density at radius 1 is 1.10 bits per heavy atom. The fraction of sp³-hybridized carbons (Fsp3) is 0.444. The summed E-state index contributed by atoms with van der Waals surface area (Å²) in [4.78, 5) is 0. The average molecular weight is 285 g/mol. The molecule has 0 spiro atoms. The quantitative estimate of drug-likeness (QED) is 0.858. The second kappa shape index (κ2) is 6.11. The van der Waals surface area contributed by atoms with E-state index >= 15 is 0 Å². The van der Waals surface area contributed by atoms with Crippen molar-refractivity contribution in [2.24, 2.45) is 5.73 Å². The molecule has 1 aromatic carbocycles. The first kappa shape index (κ1) is 13.8. The Morgan fingerprint density at radius 3 is 2.50 bits per heavy atom. The van der Waals surface area contributed by atoms with Gasteiger partial charge in [0, 0.05) is 11.5 Å². The summed E-state index contributed by atoms with van der Waals surface area (Å²) in [7, 11) is 0. The lowest BCUT2D eigenvalue weighted by Gasteiger charge is -2.36. The van der Waals surface area contributed by atoms with Crippen LogP contribution in [0.15, 0.2) is 47.2 Å². The van der Waals surface area contributed by atoms with Crippen molar-refractivity contribution in [3.05, 3.63) is 58.3 Å². The maximum atomic E-state index is 6.67. The molecule has 1 unspecified atom stereocenters. The van der Waals surface area contributed by atoms with E-state index in [1.54, 1.807) is 11.3 Å². The van der Waals surface area contributed by atoms with Gasteiger partial charge in [-0.2, -0.15) is 11.3 Å². The summed E-state index contributed by atoms with van der Waals surface area (Å²) >= 11 is 1.78. The van der Waals surface area contributed by atoms with Gasteiger partial charge >= 0.3 is 0 Å². The predicted octanol–water partition coefficient (Wildman–Crippen LogP) is 4.52. The number of rotatable bonds is 5. The van der Waals surface area contributed by atoms with Gasteiger partial charge in [0.1, 0.15) is 0 Å². The highest BCUT2D eigenvalue weighted by molar-refractivity contribution is 7.07. The summed E-state index contributed by atoms with van der Waals surface area (Å²) in [6.07, 6.45) is 7.34. The standard InChI is InChI=1S/C18H23NS/c19-17(9-8-15-10-13-20-14-15)18(11-4-5-12-18)16-6-2-1-3-7-16/h1-3,6-7,10,13-14,17H,4-5,8-9,11-12,19H2. The topological polar surface area (TPSA) is 26.0 Å². The Hall–Kier alpha value is -1.12. The van der Waals surface area contributed by atoms with Crippen molar-refractivity contribution in [2.45, 2.75) is 50.0 Å². The van der Waals surface area contributed by atoms with Crippen LogP contribution in [-0.4, -0.2) is 6.04 Å². The highest BCUT2D eigenvalue weighted by atomic mass is 32.1. The van der Waals surface area contributed by atoms with Crippen LogP contribution in [0.3, 0.4) is 0 Å². The van der Waals surface area contributed by atoms with Gasteiger partial charge in [-0.3, -0.25) is 0 Å². The maximum absolute atomic E-state index is 6.67. The van der Waals surface area contributed by atoms with E-state index in [0.29, 0.717) is 0 Å². The molecule has 0 amide bonds. The minimum Gasteiger partial charge on any atom is -0.327 e. The third-order valence-electron chi connectivity index (χ3n) is 4.88. The van der Waals surface area contributed by atoms with Crippen LogP contribution in [0, 0.1) is 0 Å². The van der Waals surface area contributed by atoms with Crippen molar-refractivity contribution in [1.29, 1.82) is 0 Å². The summed E-state index contributed by atoms with van der Waals surface area (Å²) in [5.41, 5.74) is 9.78.